The summed E-state index contributed by atoms with van der Waals surface area (Å²) in [6.45, 7) is 7.22. The Morgan fingerprint density at radius 1 is 1.04 bits per heavy atom. The number of anilines is 1. The quantitative estimate of drug-likeness (QED) is 0.879. The van der Waals surface area contributed by atoms with Gasteiger partial charge < -0.3 is 5.32 Å². The van der Waals surface area contributed by atoms with Crippen LogP contribution in [0.15, 0.2) is 48.7 Å². The van der Waals surface area contributed by atoms with Crippen LogP contribution in [-0.4, -0.2) is 53.4 Å². The van der Waals surface area contributed by atoms with Crippen LogP contribution < -0.4 is 5.32 Å². The van der Waals surface area contributed by atoms with E-state index in [1.54, 1.807) is 0 Å². The normalized spacial score (nSPS) is 15.9. The number of carbonyl (C=O) groups excluding carboxylic acids is 1. The van der Waals surface area contributed by atoms with Gasteiger partial charge in [0, 0.05) is 44.6 Å². The van der Waals surface area contributed by atoms with Crippen LogP contribution in [-0.2, 0) is 17.8 Å². The molecule has 1 aliphatic heterocycles. The van der Waals surface area contributed by atoms with Crippen LogP contribution in [0.2, 0.25) is 0 Å². The summed E-state index contributed by atoms with van der Waals surface area (Å²) in [4.78, 5) is 21.2. The molecule has 2 aromatic rings. The SMILES string of the molecule is CCc1ccc(NC(=O)CN2CCN(Cc3ccccn3)CC2)cc1. The number of hydrogen-bond donors (Lipinski definition) is 1. The minimum atomic E-state index is 0.0578. The Morgan fingerprint density at radius 3 is 2.40 bits per heavy atom. The first-order chi connectivity index (χ1) is 12.2. The molecule has 25 heavy (non-hydrogen) atoms. The number of aryl methyl sites for hydroxylation is 1. The fourth-order valence-corrected chi connectivity index (χ4v) is 3.05. The van der Waals surface area contributed by atoms with Crippen LogP contribution in [0.4, 0.5) is 5.69 Å². The number of nitrogens with zero attached hydrogens (tertiary/aromatic N) is 3. The highest BCUT2D eigenvalue weighted by Gasteiger charge is 2.19. The van der Waals surface area contributed by atoms with Gasteiger partial charge in [-0.25, -0.2) is 0 Å². The van der Waals surface area contributed by atoms with Crippen molar-refractivity contribution in [2.45, 2.75) is 19.9 Å². The maximum Gasteiger partial charge on any atom is 0.238 e. The molecule has 1 amide bonds. The van der Waals surface area contributed by atoms with Gasteiger partial charge in [0.2, 0.25) is 5.91 Å². The minimum absolute atomic E-state index is 0.0578. The molecule has 1 aromatic carbocycles. The van der Waals surface area contributed by atoms with Gasteiger partial charge >= 0.3 is 0 Å². The molecule has 1 aromatic heterocycles. The van der Waals surface area contributed by atoms with Gasteiger partial charge in [-0.2, -0.15) is 0 Å². The zero-order valence-electron chi connectivity index (χ0n) is 14.8. The van der Waals surface area contributed by atoms with Crippen LogP contribution in [0.3, 0.4) is 0 Å². The molecule has 2 heterocycles. The van der Waals surface area contributed by atoms with Crippen molar-refractivity contribution in [3.05, 3.63) is 59.9 Å². The molecule has 132 valence electrons. The van der Waals surface area contributed by atoms with Crippen LogP contribution >= 0.6 is 0 Å². The van der Waals surface area contributed by atoms with Crippen molar-refractivity contribution in [3.63, 3.8) is 0 Å². The molecule has 0 atom stereocenters. The first-order valence-electron chi connectivity index (χ1n) is 8.96. The Hall–Kier alpha value is -2.24. The second kappa shape index (κ2) is 8.74. The summed E-state index contributed by atoms with van der Waals surface area (Å²) < 4.78 is 0. The third-order valence-corrected chi connectivity index (χ3v) is 4.59. The highest BCUT2D eigenvalue weighted by molar-refractivity contribution is 5.92. The molecule has 0 saturated carbocycles. The van der Waals surface area contributed by atoms with Gasteiger partial charge in [-0.05, 0) is 36.2 Å². The molecule has 1 N–H and O–H groups in total. The van der Waals surface area contributed by atoms with E-state index in [0.717, 1.165) is 50.5 Å². The second-order valence-corrected chi connectivity index (χ2v) is 6.47. The molecule has 0 unspecified atom stereocenters. The number of piperazine rings is 1. The first kappa shape index (κ1) is 17.6. The highest BCUT2D eigenvalue weighted by Crippen LogP contribution is 2.11. The van der Waals surface area contributed by atoms with E-state index in [0.29, 0.717) is 6.54 Å². The van der Waals surface area contributed by atoms with Crippen LogP contribution in [0.5, 0.6) is 0 Å². The van der Waals surface area contributed by atoms with Crippen LogP contribution in [0.1, 0.15) is 18.2 Å². The predicted molar refractivity (Wildman–Crippen MR) is 100 cm³/mol. The molecule has 5 nitrogen and oxygen atoms in total. The lowest BCUT2D eigenvalue weighted by molar-refractivity contribution is -0.117. The summed E-state index contributed by atoms with van der Waals surface area (Å²) in [5.74, 6) is 0.0578. The van der Waals surface area contributed by atoms with Gasteiger partial charge in [-0.3, -0.25) is 19.6 Å². The van der Waals surface area contributed by atoms with Crippen molar-refractivity contribution in [1.29, 1.82) is 0 Å². The molecule has 5 heteroatoms. The molecule has 1 saturated heterocycles. The van der Waals surface area contributed by atoms with Gasteiger partial charge in [0.05, 0.1) is 12.2 Å². The van der Waals surface area contributed by atoms with Crippen molar-refractivity contribution in [1.82, 2.24) is 14.8 Å². The van der Waals surface area contributed by atoms with Crippen LogP contribution in [0, 0.1) is 0 Å². The van der Waals surface area contributed by atoms with Crippen molar-refractivity contribution in [3.8, 4) is 0 Å². The summed E-state index contributed by atoms with van der Waals surface area (Å²) in [5.41, 5.74) is 3.25. The van der Waals surface area contributed by atoms with Gasteiger partial charge in [-0.15, -0.1) is 0 Å². The van der Waals surface area contributed by atoms with E-state index in [9.17, 15) is 4.79 Å². The number of nitrogens with one attached hydrogen (secondary N) is 1. The van der Waals surface area contributed by atoms with E-state index < -0.39 is 0 Å². The van der Waals surface area contributed by atoms with Crippen molar-refractivity contribution in [2.24, 2.45) is 0 Å². The topological polar surface area (TPSA) is 48.5 Å². The third kappa shape index (κ3) is 5.37. The summed E-state index contributed by atoms with van der Waals surface area (Å²) in [7, 11) is 0. The van der Waals surface area contributed by atoms with E-state index in [1.165, 1.54) is 5.56 Å². The van der Waals surface area contributed by atoms with Gasteiger partial charge in [0.25, 0.3) is 0 Å². The smallest absolute Gasteiger partial charge is 0.238 e. The largest absolute Gasteiger partial charge is 0.325 e. The fraction of sp³-hybridized carbons (Fsp3) is 0.400. The van der Waals surface area contributed by atoms with E-state index in [4.69, 9.17) is 0 Å². The van der Waals surface area contributed by atoms with Crippen molar-refractivity contribution in [2.75, 3.05) is 38.0 Å². The number of benzene rings is 1. The molecular formula is C20H26N4O. The van der Waals surface area contributed by atoms with E-state index in [-0.39, 0.29) is 5.91 Å². The van der Waals surface area contributed by atoms with E-state index in [1.807, 2.05) is 30.5 Å². The Morgan fingerprint density at radius 2 is 1.76 bits per heavy atom. The monoisotopic (exact) mass is 338 g/mol. The minimum Gasteiger partial charge on any atom is -0.325 e. The number of rotatable bonds is 6. The zero-order valence-corrected chi connectivity index (χ0v) is 14.8. The average Bonchev–Trinajstić information content (AvgIpc) is 2.65. The van der Waals surface area contributed by atoms with Gasteiger partial charge in [0.1, 0.15) is 0 Å². The molecule has 1 fully saturated rings. The van der Waals surface area contributed by atoms with Gasteiger partial charge in [0.15, 0.2) is 0 Å². The number of hydrogen-bond acceptors (Lipinski definition) is 4. The zero-order chi connectivity index (χ0) is 17.5. The molecule has 0 spiro atoms. The second-order valence-electron chi connectivity index (χ2n) is 6.47. The van der Waals surface area contributed by atoms with Crippen molar-refractivity contribution >= 4 is 11.6 Å². The average molecular weight is 338 g/mol. The molecular weight excluding hydrogens is 312 g/mol. The van der Waals surface area contributed by atoms with E-state index >= 15 is 0 Å². The fourth-order valence-electron chi connectivity index (χ4n) is 3.05. The number of carbonyl (C=O) groups is 1. The predicted octanol–water partition coefficient (Wildman–Crippen LogP) is 2.40. The standard InChI is InChI=1S/C20H26N4O/c1-2-17-6-8-18(9-7-17)22-20(25)16-24-13-11-23(12-14-24)15-19-5-3-4-10-21-19/h3-10H,2,11-16H2,1H3,(H,22,25). The maximum absolute atomic E-state index is 12.2. The van der Waals surface area contributed by atoms with Crippen LogP contribution in [0.25, 0.3) is 0 Å². The lowest BCUT2D eigenvalue weighted by Crippen LogP contribution is -2.48. The third-order valence-electron chi connectivity index (χ3n) is 4.59. The summed E-state index contributed by atoms with van der Waals surface area (Å²) in [5, 5.41) is 2.99. The molecule has 0 bridgehead atoms. The Labute approximate surface area is 149 Å². The molecule has 0 radical (unpaired) electrons. The van der Waals surface area contributed by atoms with Crippen molar-refractivity contribution < 1.29 is 4.79 Å². The highest BCUT2D eigenvalue weighted by atomic mass is 16.2. The number of aromatic nitrogens is 1. The summed E-state index contributed by atoms with van der Waals surface area (Å²) >= 11 is 0. The first-order valence-corrected chi connectivity index (χ1v) is 8.96. The van der Waals surface area contributed by atoms with E-state index in [2.05, 4.69) is 45.2 Å². The summed E-state index contributed by atoms with van der Waals surface area (Å²) in [6.07, 6.45) is 2.85. The number of amides is 1. The molecule has 3 rings (SSSR count). The summed E-state index contributed by atoms with van der Waals surface area (Å²) in [6, 6.07) is 14.1. The lowest BCUT2D eigenvalue weighted by atomic mass is 10.1. The Balaban J connectivity index is 1.41. The lowest BCUT2D eigenvalue weighted by Gasteiger charge is -2.34. The number of pyridine rings is 1. The molecule has 0 aliphatic carbocycles. The maximum atomic E-state index is 12.2. The van der Waals surface area contributed by atoms with Gasteiger partial charge in [-0.1, -0.05) is 25.1 Å². The molecule has 1 aliphatic rings. The Bertz CT molecular complexity index is 664. The Kier molecular flexibility index (Phi) is 6.14.